The van der Waals surface area contributed by atoms with Crippen LogP contribution in [0.15, 0.2) is 51.8 Å². The Morgan fingerprint density at radius 2 is 1.50 bits per heavy atom. The predicted molar refractivity (Wildman–Crippen MR) is 150 cm³/mol. The van der Waals surface area contributed by atoms with Crippen molar-refractivity contribution < 1.29 is 27.1 Å². The normalized spacial score (nSPS) is 17.1. The second-order valence-corrected chi connectivity index (χ2v) is 12.2. The number of amides is 1. The van der Waals surface area contributed by atoms with Gasteiger partial charge in [0, 0.05) is 23.7 Å². The lowest BCUT2D eigenvalue weighted by atomic mass is 9.91. The molecule has 2 aliphatic carbocycles. The van der Waals surface area contributed by atoms with Gasteiger partial charge in [-0.3, -0.25) is 10.1 Å². The standard InChI is InChI=1S/C29H36N4O6S/c1-37-23-15-18-25(26(19-23)38-2)28-31-32-29(39-28)30-27(34)20-13-16-24(17-14-20)40(35,36)33(21-9-5-3-6-10-21)22-11-7-4-8-12-22/h13-19,21-22H,3-12H2,1-2H3,(H,30,32,34). The number of aromatic nitrogens is 2. The van der Waals surface area contributed by atoms with Gasteiger partial charge >= 0.3 is 6.01 Å². The summed E-state index contributed by atoms with van der Waals surface area (Å²) >= 11 is 0. The van der Waals surface area contributed by atoms with Crippen LogP contribution in [0.25, 0.3) is 11.5 Å². The van der Waals surface area contributed by atoms with Gasteiger partial charge < -0.3 is 13.9 Å². The van der Waals surface area contributed by atoms with Crippen molar-refractivity contribution in [3.8, 4) is 23.0 Å². The van der Waals surface area contributed by atoms with E-state index in [4.69, 9.17) is 13.9 Å². The van der Waals surface area contributed by atoms with Gasteiger partial charge in [0.15, 0.2) is 0 Å². The fourth-order valence-electron chi connectivity index (χ4n) is 5.79. The maximum atomic E-state index is 13.9. The summed E-state index contributed by atoms with van der Waals surface area (Å²) in [7, 11) is -0.626. The number of hydrogen-bond donors (Lipinski definition) is 1. The number of nitrogens with zero attached hydrogens (tertiary/aromatic N) is 3. The third-order valence-corrected chi connectivity index (χ3v) is 9.86. The van der Waals surface area contributed by atoms with E-state index in [-0.39, 0.29) is 34.4 Å². The van der Waals surface area contributed by atoms with E-state index in [1.165, 1.54) is 31.4 Å². The van der Waals surface area contributed by atoms with Crippen molar-refractivity contribution >= 4 is 21.9 Å². The third kappa shape index (κ3) is 6.00. The molecule has 0 aliphatic heterocycles. The highest BCUT2D eigenvalue weighted by Crippen LogP contribution is 2.35. The lowest BCUT2D eigenvalue weighted by Crippen LogP contribution is -2.48. The Balaban J connectivity index is 1.31. The molecule has 40 heavy (non-hydrogen) atoms. The number of methoxy groups -OCH3 is 2. The van der Waals surface area contributed by atoms with E-state index >= 15 is 0 Å². The van der Waals surface area contributed by atoms with Crippen LogP contribution in [0.5, 0.6) is 11.5 Å². The fraction of sp³-hybridized carbons (Fsp3) is 0.483. The molecule has 2 fully saturated rings. The maximum absolute atomic E-state index is 13.9. The van der Waals surface area contributed by atoms with Crippen LogP contribution in [0.4, 0.5) is 6.01 Å². The van der Waals surface area contributed by atoms with Gasteiger partial charge in [-0.2, -0.15) is 4.31 Å². The van der Waals surface area contributed by atoms with Crippen molar-refractivity contribution in [1.82, 2.24) is 14.5 Å². The molecule has 0 spiro atoms. The molecule has 0 bridgehead atoms. The van der Waals surface area contributed by atoms with Gasteiger partial charge in [0.25, 0.3) is 11.8 Å². The Kier molecular flexibility index (Phi) is 8.70. The molecule has 10 nitrogen and oxygen atoms in total. The molecule has 2 aliphatic rings. The van der Waals surface area contributed by atoms with E-state index in [0.717, 1.165) is 64.2 Å². The minimum Gasteiger partial charge on any atom is -0.497 e. The minimum absolute atomic E-state index is 0.0425. The molecule has 2 saturated carbocycles. The summed E-state index contributed by atoms with van der Waals surface area (Å²) in [4.78, 5) is 13.1. The van der Waals surface area contributed by atoms with Crippen LogP contribution in [-0.2, 0) is 10.0 Å². The summed E-state index contributed by atoms with van der Waals surface area (Å²) < 4.78 is 45.9. The molecular weight excluding hydrogens is 532 g/mol. The first kappa shape index (κ1) is 28.1. The number of anilines is 1. The van der Waals surface area contributed by atoms with E-state index in [0.29, 0.717) is 17.1 Å². The van der Waals surface area contributed by atoms with Gasteiger partial charge in [-0.1, -0.05) is 43.6 Å². The van der Waals surface area contributed by atoms with Gasteiger partial charge in [-0.05, 0) is 62.1 Å². The summed E-state index contributed by atoms with van der Waals surface area (Å²) in [5.41, 5.74) is 0.828. The number of sulfonamides is 1. The van der Waals surface area contributed by atoms with Gasteiger partial charge in [-0.25, -0.2) is 8.42 Å². The molecule has 11 heteroatoms. The summed E-state index contributed by atoms with van der Waals surface area (Å²) in [5, 5.41) is 10.5. The molecule has 5 rings (SSSR count). The predicted octanol–water partition coefficient (Wildman–Crippen LogP) is 5.66. The first-order valence-electron chi connectivity index (χ1n) is 13.9. The van der Waals surface area contributed by atoms with Crippen molar-refractivity contribution in [3.63, 3.8) is 0 Å². The third-order valence-electron chi connectivity index (χ3n) is 7.85. The zero-order valence-corrected chi connectivity index (χ0v) is 23.8. The molecule has 2 aromatic carbocycles. The molecule has 0 atom stereocenters. The molecule has 1 amide bonds. The van der Waals surface area contributed by atoms with Crippen molar-refractivity contribution in [2.45, 2.75) is 81.2 Å². The summed E-state index contributed by atoms with van der Waals surface area (Å²) in [6, 6.07) is 11.2. The molecule has 0 radical (unpaired) electrons. The minimum atomic E-state index is -3.70. The van der Waals surface area contributed by atoms with Crippen LogP contribution in [0.3, 0.4) is 0 Å². The first-order chi connectivity index (χ1) is 19.4. The van der Waals surface area contributed by atoms with Crippen LogP contribution in [0, 0.1) is 0 Å². The number of carbonyl (C=O) groups excluding carboxylic acids is 1. The summed E-state index contributed by atoms with van der Waals surface area (Å²) in [6.07, 6.45) is 10.2. The van der Waals surface area contributed by atoms with Crippen molar-refractivity contribution in [1.29, 1.82) is 0 Å². The van der Waals surface area contributed by atoms with E-state index in [9.17, 15) is 13.2 Å². The highest BCUT2D eigenvalue weighted by Gasteiger charge is 2.38. The molecular formula is C29H36N4O6S. The average molecular weight is 569 g/mol. The van der Waals surface area contributed by atoms with Gasteiger partial charge in [0.1, 0.15) is 11.5 Å². The topological polar surface area (TPSA) is 124 Å². The number of benzene rings is 2. The highest BCUT2D eigenvalue weighted by molar-refractivity contribution is 7.89. The number of nitrogens with one attached hydrogen (secondary N) is 1. The average Bonchev–Trinajstić information content (AvgIpc) is 3.46. The highest BCUT2D eigenvalue weighted by atomic mass is 32.2. The molecule has 214 valence electrons. The molecule has 1 heterocycles. The maximum Gasteiger partial charge on any atom is 0.322 e. The van der Waals surface area contributed by atoms with E-state index in [1.54, 1.807) is 25.3 Å². The van der Waals surface area contributed by atoms with Gasteiger partial charge in [0.2, 0.25) is 10.0 Å². The summed E-state index contributed by atoms with van der Waals surface area (Å²) in [6.45, 7) is 0. The zero-order valence-electron chi connectivity index (χ0n) is 23.0. The van der Waals surface area contributed by atoms with Crippen molar-refractivity contribution in [3.05, 3.63) is 48.0 Å². The Bertz CT molecular complexity index is 1390. The van der Waals surface area contributed by atoms with Crippen LogP contribution in [0.2, 0.25) is 0 Å². The molecule has 0 saturated heterocycles. The summed E-state index contributed by atoms with van der Waals surface area (Å²) in [5.74, 6) is 0.770. The number of hydrogen-bond acceptors (Lipinski definition) is 8. The van der Waals surface area contributed by atoms with Crippen LogP contribution < -0.4 is 14.8 Å². The Morgan fingerprint density at radius 3 is 2.08 bits per heavy atom. The van der Waals surface area contributed by atoms with E-state index in [2.05, 4.69) is 15.5 Å². The zero-order chi connectivity index (χ0) is 28.1. The second-order valence-electron chi connectivity index (χ2n) is 10.4. The molecule has 3 aromatic rings. The monoisotopic (exact) mass is 568 g/mol. The van der Waals surface area contributed by atoms with Crippen LogP contribution in [0.1, 0.15) is 74.6 Å². The number of carbonyl (C=O) groups is 1. The molecule has 1 N–H and O–H groups in total. The Morgan fingerprint density at radius 1 is 0.875 bits per heavy atom. The second kappa shape index (κ2) is 12.4. The number of rotatable bonds is 9. The Labute approximate surface area is 235 Å². The van der Waals surface area contributed by atoms with Gasteiger partial charge in [-0.15, -0.1) is 5.10 Å². The van der Waals surface area contributed by atoms with Crippen LogP contribution in [-0.4, -0.2) is 55.1 Å². The van der Waals surface area contributed by atoms with Crippen molar-refractivity contribution in [2.75, 3.05) is 19.5 Å². The molecule has 1 aromatic heterocycles. The Hall–Kier alpha value is -3.44. The smallest absolute Gasteiger partial charge is 0.322 e. The quantitative estimate of drug-likeness (QED) is 0.351. The SMILES string of the molecule is COc1ccc(-c2nnc(NC(=O)c3ccc(S(=O)(=O)N(C4CCCCC4)C4CCCCC4)cc3)o2)c(OC)c1. The molecule has 0 unspecified atom stereocenters. The lowest BCUT2D eigenvalue weighted by Gasteiger charge is -2.40. The van der Waals surface area contributed by atoms with Gasteiger partial charge in [0.05, 0.1) is 24.7 Å². The number of ether oxygens (including phenoxy) is 2. The first-order valence-corrected chi connectivity index (χ1v) is 15.4. The fourth-order valence-corrected chi connectivity index (χ4v) is 7.72. The van der Waals surface area contributed by atoms with E-state index < -0.39 is 15.9 Å². The lowest BCUT2D eigenvalue weighted by molar-refractivity contribution is 0.102. The largest absolute Gasteiger partial charge is 0.497 e. The van der Waals surface area contributed by atoms with E-state index in [1.807, 2.05) is 4.31 Å². The van der Waals surface area contributed by atoms with Crippen LogP contribution >= 0.6 is 0 Å². The van der Waals surface area contributed by atoms with Crippen molar-refractivity contribution in [2.24, 2.45) is 0 Å².